The number of aryl methyl sites for hydroxylation is 1. The molecule has 0 aromatic heterocycles. The second-order valence-corrected chi connectivity index (χ2v) is 6.30. The van der Waals surface area contributed by atoms with E-state index in [-0.39, 0.29) is 5.91 Å². The van der Waals surface area contributed by atoms with E-state index in [9.17, 15) is 4.79 Å². The van der Waals surface area contributed by atoms with Gasteiger partial charge in [-0.3, -0.25) is 4.79 Å². The average molecular weight is 324 g/mol. The van der Waals surface area contributed by atoms with Gasteiger partial charge < -0.3 is 15.8 Å². The van der Waals surface area contributed by atoms with Gasteiger partial charge in [-0.25, -0.2) is 0 Å². The van der Waals surface area contributed by atoms with Crippen molar-refractivity contribution in [3.63, 3.8) is 0 Å². The minimum Gasteiger partial charge on any atom is -0.490 e. The average Bonchev–Trinajstić information content (AvgIpc) is 3.09. The third-order valence-electron chi connectivity index (χ3n) is 4.42. The summed E-state index contributed by atoms with van der Waals surface area (Å²) < 4.78 is 5.93. The van der Waals surface area contributed by atoms with Crippen molar-refractivity contribution in [3.8, 4) is 5.75 Å². The van der Waals surface area contributed by atoms with Crippen LogP contribution in [0, 0.1) is 0 Å². The van der Waals surface area contributed by atoms with Crippen molar-refractivity contribution < 1.29 is 9.53 Å². The molecule has 1 amide bonds. The van der Waals surface area contributed by atoms with Crippen molar-refractivity contribution in [2.24, 2.45) is 0 Å². The number of hydrogen-bond donors (Lipinski definition) is 2. The molecule has 1 aliphatic rings. The molecule has 1 fully saturated rings. The number of nitrogens with two attached hydrogens (primary N) is 1. The molecule has 0 atom stereocenters. The van der Waals surface area contributed by atoms with E-state index in [0.29, 0.717) is 18.9 Å². The zero-order chi connectivity index (χ0) is 16.8. The zero-order valence-electron chi connectivity index (χ0n) is 13.8. The Morgan fingerprint density at radius 1 is 1.08 bits per heavy atom. The van der Waals surface area contributed by atoms with E-state index in [0.717, 1.165) is 35.5 Å². The van der Waals surface area contributed by atoms with Crippen molar-refractivity contribution >= 4 is 17.3 Å². The summed E-state index contributed by atoms with van der Waals surface area (Å²) in [5.41, 5.74) is 8.43. The van der Waals surface area contributed by atoms with E-state index in [1.807, 2.05) is 48.5 Å². The van der Waals surface area contributed by atoms with Crippen molar-refractivity contribution in [2.75, 3.05) is 11.1 Å². The smallest absolute Gasteiger partial charge is 0.224 e. The third-order valence-corrected chi connectivity index (χ3v) is 4.42. The topological polar surface area (TPSA) is 64.4 Å². The standard InChI is InChI=1S/C20H24N2O2/c21-19-8-4-1-5-15(19)9-14-20(23)22-16-10-12-18(13-11-16)24-17-6-2-3-7-17/h1,4-5,8,10-13,17H,2-3,6-7,9,14,21H2,(H,22,23). The predicted octanol–water partition coefficient (Wildman–Crippen LogP) is 4.16. The highest BCUT2D eigenvalue weighted by molar-refractivity contribution is 5.90. The second-order valence-electron chi connectivity index (χ2n) is 6.30. The summed E-state index contributed by atoms with van der Waals surface area (Å²) in [4.78, 5) is 12.1. The predicted molar refractivity (Wildman–Crippen MR) is 97.1 cm³/mol. The fourth-order valence-electron chi connectivity index (χ4n) is 3.05. The summed E-state index contributed by atoms with van der Waals surface area (Å²) in [6.07, 6.45) is 6.19. The molecular weight excluding hydrogens is 300 g/mol. The van der Waals surface area contributed by atoms with Gasteiger partial charge in [0.05, 0.1) is 6.10 Å². The Morgan fingerprint density at radius 3 is 2.50 bits per heavy atom. The lowest BCUT2D eigenvalue weighted by Gasteiger charge is -2.13. The lowest BCUT2D eigenvalue weighted by molar-refractivity contribution is -0.116. The van der Waals surface area contributed by atoms with Gasteiger partial charge >= 0.3 is 0 Å². The minimum absolute atomic E-state index is 0.0114. The number of benzene rings is 2. The van der Waals surface area contributed by atoms with E-state index in [1.165, 1.54) is 12.8 Å². The molecule has 2 aromatic rings. The molecule has 0 unspecified atom stereocenters. The quantitative estimate of drug-likeness (QED) is 0.784. The van der Waals surface area contributed by atoms with Crippen LogP contribution in [0.4, 0.5) is 11.4 Å². The molecule has 4 heteroatoms. The van der Waals surface area contributed by atoms with Gasteiger partial charge in [-0.2, -0.15) is 0 Å². The molecule has 0 radical (unpaired) electrons. The molecule has 0 bridgehead atoms. The maximum absolute atomic E-state index is 12.1. The van der Waals surface area contributed by atoms with Crippen molar-refractivity contribution in [1.29, 1.82) is 0 Å². The molecule has 1 aliphatic carbocycles. The van der Waals surface area contributed by atoms with Crippen LogP contribution in [0.5, 0.6) is 5.75 Å². The molecule has 1 saturated carbocycles. The van der Waals surface area contributed by atoms with Gasteiger partial charge in [0.2, 0.25) is 5.91 Å². The summed E-state index contributed by atoms with van der Waals surface area (Å²) in [5.74, 6) is 0.861. The summed E-state index contributed by atoms with van der Waals surface area (Å²) >= 11 is 0. The Hall–Kier alpha value is -2.49. The number of nitrogens with one attached hydrogen (secondary N) is 1. The van der Waals surface area contributed by atoms with Gasteiger partial charge in [-0.15, -0.1) is 0 Å². The fourth-order valence-corrected chi connectivity index (χ4v) is 3.05. The van der Waals surface area contributed by atoms with E-state index in [4.69, 9.17) is 10.5 Å². The molecule has 0 spiro atoms. The number of para-hydroxylation sites is 1. The Morgan fingerprint density at radius 2 is 1.79 bits per heavy atom. The van der Waals surface area contributed by atoms with Crippen LogP contribution < -0.4 is 15.8 Å². The Bertz CT molecular complexity index is 676. The molecule has 4 nitrogen and oxygen atoms in total. The Kier molecular flexibility index (Phi) is 5.36. The maximum atomic E-state index is 12.1. The van der Waals surface area contributed by atoms with E-state index < -0.39 is 0 Å². The normalized spacial score (nSPS) is 14.5. The number of hydrogen-bond acceptors (Lipinski definition) is 3. The largest absolute Gasteiger partial charge is 0.490 e. The fraction of sp³-hybridized carbons (Fsp3) is 0.350. The van der Waals surface area contributed by atoms with Gasteiger partial charge in [0, 0.05) is 17.8 Å². The molecule has 0 heterocycles. The van der Waals surface area contributed by atoms with Crippen LogP contribution in [0.1, 0.15) is 37.7 Å². The third kappa shape index (κ3) is 4.51. The summed E-state index contributed by atoms with van der Waals surface area (Å²) in [6, 6.07) is 15.3. The van der Waals surface area contributed by atoms with Gasteiger partial charge in [0.15, 0.2) is 0 Å². The molecule has 3 rings (SSSR count). The first kappa shape index (κ1) is 16.4. The minimum atomic E-state index is -0.0114. The number of nitrogen functional groups attached to an aromatic ring is 1. The van der Waals surface area contributed by atoms with Crippen LogP contribution in [0.2, 0.25) is 0 Å². The number of anilines is 2. The summed E-state index contributed by atoms with van der Waals surface area (Å²) in [5, 5.41) is 2.92. The summed E-state index contributed by atoms with van der Waals surface area (Å²) in [7, 11) is 0. The number of rotatable bonds is 6. The van der Waals surface area contributed by atoms with Gasteiger partial charge in [0.25, 0.3) is 0 Å². The molecule has 126 valence electrons. The van der Waals surface area contributed by atoms with Crippen LogP contribution in [-0.4, -0.2) is 12.0 Å². The highest BCUT2D eigenvalue weighted by Crippen LogP contribution is 2.25. The molecule has 3 N–H and O–H groups in total. The maximum Gasteiger partial charge on any atom is 0.224 e. The molecule has 2 aromatic carbocycles. The van der Waals surface area contributed by atoms with Crippen molar-refractivity contribution in [2.45, 2.75) is 44.6 Å². The monoisotopic (exact) mass is 324 g/mol. The first-order valence-electron chi connectivity index (χ1n) is 8.60. The van der Waals surface area contributed by atoms with Crippen LogP contribution in [0.15, 0.2) is 48.5 Å². The van der Waals surface area contributed by atoms with Crippen molar-refractivity contribution in [3.05, 3.63) is 54.1 Å². The first-order chi connectivity index (χ1) is 11.7. The zero-order valence-corrected chi connectivity index (χ0v) is 13.8. The van der Waals surface area contributed by atoms with Crippen LogP contribution in [-0.2, 0) is 11.2 Å². The van der Waals surface area contributed by atoms with Gasteiger partial charge in [0.1, 0.15) is 5.75 Å². The van der Waals surface area contributed by atoms with E-state index in [1.54, 1.807) is 0 Å². The SMILES string of the molecule is Nc1ccccc1CCC(=O)Nc1ccc(OC2CCCC2)cc1. The van der Waals surface area contributed by atoms with E-state index >= 15 is 0 Å². The molecule has 24 heavy (non-hydrogen) atoms. The number of carbonyl (C=O) groups is 1. The molecule has 0 aliphatic heterocycles. The number of ether oxygens (including phenoxy) is 1. The Labute approximate surface area is 143 Å². The van der Waals surface area contributed by atoms with Crippen LogP contribution in [0.25, 0.3) is 0 Å². The first-order valence-corrected chi connectivity index (χ1v) is 8.60. The van der Waals surface area contributed by atoms with Gasteiger partial charge in [-0.05, 0) is 68.0 Å². The summed E-state index contributed by atoms with van der Waals surface area (Å²) in [6.45, 7) is 0. The lowest BCUT2D eigenvalue weighted by atomic mass is 10.1. The van der Waals surface area contributed by atoms with Crippen LogP contribution >= 0.6 is 0 Å². The highest BCUT2D eigenvalue weighted by Gasteiger charge is 2.16. The van der Waals surface area contributed by atoms with Gasteiger partial charge in [-0.1, -0.05) is 18.2 Å². The van der Waals surface area contributed by atoms with Crippen LogP contribution in [0.3, 0.4) is 0 Å². The van der Waals surface area contributed by atoms with Crippen molar-refractivity contribution in [1.82, 2.24) is 0 Å². The lowest BCUT2D eigenvalue weighted by Crippen LogP contribution is -2.13. The molecule has 0 saturated heterocycles. The number of carbonyl (C=O) groups excluding carboxylic acids is 1. The number of amides is 1. The Balaban J connectivity index is 1.48. The molecular formula is C20H24N2O2. The highest BCUT2D eigenvalue weighted by atomic mass is 16.5. The second kappa shape index (κ2) is 7.86. The van der Waals surface area contributed by atoms with E-state index in [2.05, 4.69) is 5.32 Å².